The van der Waals surface area contributed by atoms with Crippen LogP contribution in [0, 0.1) is 11.6 Å². The van der Waals surface area contributed by atoms with Crippen molar-refractivity contribution in [1.82, 2.24) is 0 Å². The summed E-state index contributed by atoms with van der Waals surface area (Å²) in [4.78, 5) is 27.9. The molecular formula is C42H48F2N2O4. The minimum atomic E-state index is -1.11. The fourth-order valence-electron chi connectivity index (χ4n) is 6.82. The molecule has 0 spiro atoms. The van der Waals surface area contributed by atoms with Gasteiger partial charge in [-0.05, 0) is 85.8 Å². The largest absolute Gasteiger partial charge is 0.507 e. The Labute approximate surface area is 294 Å². The van der Waals surface area contributed by atoms with Crippen molar-refractivity contribution >= 4 is 34.3 Å². The molecule has 8 heteroatoms. The molecule has 50 heavy (non-hydrogen) atoms. The van der Waals surface area contributed by atoms with Gasteiger partial charge in [0.2, 0.25) is 11.6 Å². The second kappa shape index (κ2) is 16.3. The first-order chi connectivity index (χ1) is 24.2. The van der Waals surface area contributed by atoms with Crippen LogP contribution < -0.4 is 10.6 Å². The third-order valence-electron chi connectivity index (χ3n) is 9.62. The Morgan fingerprint density at radius 1 is 0.480 bits per heavy atom. The van der Waals surface area contributed by atoms with E-state index >= 15 is 8.78 Å². The van der Waals surface area contributed by atoms with Crippen molar-refractivity contribution in [3.05, 3.63) is 105 Å². The van der Waals surface area contributed by atoms with E-state index in [0.29, 0.717) is 37.1 Å². The van der Waals surface area contributed by atoms with E-state index in [1.807, 2.05) is 36.4 Å². The number of aryl methyl sites for hydroxylation is 4. The Hall–Kier alpha value is -4.72. The first-order valence-corrected chi connectivity index (χ1v) is 18.1. The molecule has 0 unspecified atom stereocenters. The number of ketones is 2. The minimum absolute atomic E-state index is 0.293. The van der Waals surface area contributed by atoms with Crippen molar-refractivity contribution in [2.24, 2.45) is 0 Å². The van der Waals surface area contributed by atoms with Gasteiger partial charge in [-0.25, -0.2) is 8.78 Å². The van der Waals surface area contributed by atoms with Gasteiger partial charge >= 0.3 is 0 Å². The van der Waals surface area contributed by atoms with Gasteiger partial charge in [0.1, 0.15) is 22.9 Å². The topological polar surface area (TPSA) is 98.7 Å². The van der Waals surface area contributed by atoms with Crippen LogP contribution in [0.1, 0.15) is 133 Å². The van der Waals surface area contributed by atoms with E-state index in [-0.39, 0.29) is 11.4 Å². The molecule has 0 saturated heterocycles. The van der Waals surface area contributed by atoms with Crippen LogP contribution in [0.2, 0.25) is 0 Å². The van der Waals surface area contributed by atoms with E-state index in [1.54, 1.807) is 0 Å². The zero-order valence-electron chi connectivity index (χ0n) is 29.6. The third kappa shape index (κ3) is 7.11. The maximum Gasteiger partial charge on any atom is 0.201 e. The van der Waals surface area contributed by atoms with Gasteiger partial charge < -0.3 is 20.8 Å². The number of fused-ring (bicyclic) bond motifs is 2. The first kappa shape index (κ1) is 36.6. The summed E-state index contributed by atoms with van der Waals surface area (Å²) in [5.41, 5.74) is 1.81. The lowest BCUT2D eigenvalue weighted by atomic mass is 9.81. The number of phenolic OH excluding ortho intramolecular Hbond substituents is 2. The number of nitrogens with one attached hydrogen (secondary N) is 2. The number of halogens is 2. The number of hydrogen-bond donors (Lipinski definition) is 4. The van der Waals surface area contributed by atoms with Crippen molar-refractivity contribution in [3.63, 3.8) is 0 Å². The van der Waals surface area contributed by atoms with Gasteiger partial charge in [0.05, 0.1) is 22.3 Å². The van der Waals surface area contributed by atoms with Crippen LogP contribution in [0.25, 0.3) is 0 Å². The number of anilines is 4. The Bertz CT molecular complexity index is 1710. The molecule has 0 radical (unpaired) electrons. The first-order valence-electron chi connectivity index (χ1n) is 18.1. The predicted octanol–water partition coefficient (Wildman–Crippen LogP) is 11.0. The highest BCUT2D eigenvalue weighted by atomic mass is 19.1. The normalized spacial score (nSPS) is 12.2. The number of phenols is 2. The second-order valence-corrected chi connectivity index (χ2v) is 13.2. The lowest BCUT2D eigenvalue weighted by Gasteiger charge is -2.27. The van der Waals surface area contributed by atoms with Crippen LogP contribution in [0.5, 0.6) is 11.5 Å². The van der Waals surface area contributed by atoms with Gasteiger partial charge in [0, 0.05) is 11.4 Å². The average molecular weight is 683 g/mol. The molecule has 0 heterocycles. The number of carbonyl (C=O) groups is 2. The number of benzene rings is 4. The molecule has 4 N–H and O–H groups in total. The summed E-state index contributed by atoms with van der Waals surface area (Å²) in [5.74, 6) is -5.57. The summed E-state index contributed by atoms with van der Waals surface area (Å²) in [5, 5.41) is 27.8. The molecular weight excluding hydrogens is 634 g/mol. The molecule has 1 aliphatic carbocycles. The Kier molecular flexibility index (Phi) is 11.9. The lowest BCUT2D eigenvalue weighted by molar-refractivity contribution is 0.0967. The molecule has 0 saturated carbocycles. The molecule has 0 aromatic heterocycles. The molecule has 4 aromatic carbocycles. The second-order valence-electron chi connectivity index (χ2n) is 13.2. The van der Waals surface area contributed by atoms with Crippen molar-refractivity contribution in [3.8, 4) is 11.5 Å². The van der Waals surface area contributed by atoms with Gasteiger partial charge in [-0.15, -0.1) is 0 Å². The Balaban J connectivity index is 1.81. The summed E-state index contributed by atoms with van der Waals surface area (Å²) in [6, 6.07) is 14.0. The van der Waals surface area contributed by atoms with Crippen molar-refractivity contribution in [2.75, 3.05) is 10.6 Å². The van der Waals surface area contributed by atoms with E-state index in [9.17, 15) is 19.8 Å². The smallest absolute Gasteiger partial charge is 0.201 e. The molecule has 264 valence electrons. The zero-order chi connectivity index (χ0) is 35.9. The predicted molar refractivity (Wildman–Crippen MR) is 197 cm³/mol. The number of aromatic hydroxyl groups is 2. The van der Waals surface area contributed by atoms with Crippen LogP contribution in [-0.2, 0) is 25.7 Å². The van der Waals surface area contributed by atoms with E-state index < -0.39 is 57.0 Å². The van der Waals surface area contributed by atoms with Gasteiger partial charge in [-0.1, -0.05) is 89.8 Å². The monoisotopic (exact) mass is 682 g/mol. The third-order valence-corrected chi connectivity index (χ3v) is 9.62. The molecule has 0 bridgehead atoms. The Morgan fingerprint density at radius 3 is 1.06 bits per heavy atom. The van der Waals surface area contributed by atoms with Gasteiger partial charge in [0.25, 0.3) is 0 Å². The molecule has 5 rings (SSSR count). The van der Waals surface area contributed by atoms with E-state index in [4.69, 9.17) is 0 Å². The van der Waals surface area contributed by atoms with Crippen LogP contribution in [0.15, 0.2) is 48.5 Å². The number of unbranched alkanes of at least 4 members (excludes halogenated alkanes) is 4. The fraction of sp³-hybridized carbons (Fsp3) is 0.381. The molecule has 0 aliphatic heterocycles. The lowest BCUT2D eigenvalue weighted by Crippen LogP contribution is -2.26. The summed E-state index contributed by atoms with van der Waals surface area (Å²) in [6.45, 7) is 8.37. The molecule has 1 aliphatic rings. The van der Waals surface area contributed by atoms with E-state index in [0.717, 1.165) is 85.8 Å². The summed E-state index contributed by atoms with van der Waals surface area (Å²) >= 11 is 0. The van der Waals surface area contributed by atoms with Gasteiger partial charge in [-0.2, -0.15) is 0 Å². The average Bonchev–Trinajstić information content (AvgIpc) is 3.11. The maximum absolute atomic E-state index is 17.3. The SMILES string of the molecule is CCCCc1cccc(CCCC)c1Nc1c(F)c2c(c(F)c1Nc1c(CCCC)cccc1CCCC)C(=O)c1c(O)ccc(O)c1C2=O. The highest BCUT2D eigenvalue weighted by molar-refractivity contribution is 6.31. The summed E-state index contributed by atoms with van der Waals surface area (Å²) in [7, 11) is 0. The van der Waals surface area contributed by atoms with Crippen molar-refractivity contribution < 1.29 is 28.6 Å². The van der Waals surface area contributed by atoms with Gasteiger partial charge in [0.15, 0.2) is 11.6 Å². The summed E-state index contributed by atoms with van der Waals surface area (Å²) < 4.78 is 34.6. The zero-order valence-corrected chi connectivity index (χ0v) is 29.6. The van der Waals surface area contributed by atoms with Crippen molar-refractivity contribution in [2.45, 2.75) is 105 Å². The highest BCUT2D eigenvalue weighted by Gasteiger charge is 2.41. The highest BCUT2D eigenvalue weighted by Crippen LogP contribution is 2.46. The minimum Gasteiger partial charge on any atom is -0.507 e. The van der Waals surface area contributed by atoms with Crippen molar-refractivity contribution in [1.29, 1.82) is 0 Å². The molecule has 4 aromatic rings. The number of para-hydroxylation sites is 2. The van der Waals surface area contributed by atoms with Crippen LogP contribution >= 0.6 is 0 Å². The molecule has 0 amide bonds. The maximum atomic E-state index is 17.3. The molecule has 0 atom stereocenters. The van der Waals surface area contributed by atoms with Crippen LogP contribution in [0.4, 0.5) is 31.5 Å². The molecule has 0 fully saturated rings. The number of hydrogen-bond acceptors (Lipinski definition) is 6. The number of rotatable bonds is 16. The Morgan fingerprint density at radius 2 is 0.780 bits per heavy atom. The summed E-state index contributed by atoms with van der Waals surface area (Å²) in [6.07, 6.45) is 10.1. The fourth-order valence-corrected chi connectivity index (χ4v) is 6.82. The van der Waals surface area contributed by atoms with E-state index in [1.165, 1.54) is 0 Å². The van der Waals surface area contributed by atoms with Gasteiger partial charge in [-0.3, -0.25) is 9.59 Å². The quantitative estimate of drug-likeness (QED) is 0.0773. The molecule has 6 nitrogen and oxygen atoms in total. The standard InChI is InChI=1S/C42H48F2N2O4/c1-5-9-15-25-19-13-20-26(16-10-6-2)37(25)45-39-35(43)33-34(42(50)32-30(48)24-23-29(47)31(32)41(33)49)36(44)40(39)46-38-27(17-11-7-3)21-14-22-28(38)18-12-8-4/h13-14,19-24,45-48H,5-12,15-18H2,1-4H3. The van der Waals surface area contributed by atoms with Crippen LogP contribution in [-0.4, -0.2) is 21.8 Å². The van der Waals surface area contributed by atoms with Crippen LogP contribution in [0.3, 0.4) is 0 Å². The number of carbonyl (C=O) groups excluding carboxylic acids is 2. The van der Waals surface area contributed by atoms with E-state index in [2.05, 4.69) is 38.3 Å².